The SMILES string of the molecule is C=CO/C(=C(\N)c1ccccc1)c1ccc2nc(NC)sc2c1. The van der Waals surface area contributed by atoms with Gasteiger partial charge in [-0.25, -0.2) is 4.98 Å². The first kappa shape index (κ1) is 15.1. The van der Waals surface area contributed by atoms with E-state index in [4.69, 9.17) is 10.5 Å². The first-order valence-electron chi connectivity index (χ1n) is 7.14. The summed E-state index contributed by atoms with van der Waals surface area (Å²) < 4.78 is 6.68. The summed E-state index contributed by atoms with van der Waals surface area (Å²) in [5.74, 6) is 0.590. The minimum atomic E-state index is 0.572. The number of nitrogens with one attached hydrogen (secondary N) is 1. The summed E-state index contributed by atoms with van der Waals surface area (Å²) in [5.41, 5.74) is 9.63. The van der Waals surface area contributed by atoms with Gasteiger partial charge in [0, 0.05) is 18.2 Å². The molecule has 0 saturated heterocycles. The molecule has 3 aromatic rings. The second-order valence-electron chi connectivity index (χ2n) is 4.84. The van der Waals surface area contributed by atoms with E-state index < -0.39 is 0 Å². The van der Waals surface area contributed by atoms with Gasteiger partial charge in [0.1, 0.15) is 0 Å². The molecule has 4 nitrogen and oxygen atoms in total. The standard InChI is InChI=1S/C18H17N3OS/c1-3-22-17(16(19)12-7-5-4-6-8-12)13-9-10-14-15(11-13)23-18(20-2)21-14/h3-11H,1,19H2,2H3,(H,20,21)/b17-16-. The summed E-state index contributed by atoms with van der Waals surface area (Å²) in [7, 11) is 1.86. The van der Waals surface area contributed by atoms with Crippen molar-refractivity contribution in [1.82, 2.24) is 4.98 Å². The van der Waals surface area contributed by atoms with E-state index in [2.05, 4.69) is 16.9 Å². The molecule has 0 aliphatic heterocycles. The third-order valence-corrected chi connectivity index (χ3v) is 4.43. The zero-order chi connectivity index (χ0) is 16.2. The number of hydrogen-bond donors (Lipinski definition) is 2. The van der Waals surface area contributed by atoms with Crippen LogP contribution < -0.4 is 11.1 Å². The summed E-state index contributed by atoms with van der Waals surface area (Å²) in [6.45, 7) is 3.65. The van der Waals surface area contributed by atoms with Crippen LogP contribution in [0.25, 0.3) is 21.7 Å². The van der Waals surface area contributed by atoms with E-state index in [9.17, 15) is 0 Å². The summed E-state index contributed by atoms with van der Waals surface area (Å²) in [6.07, 6.45) is 1.39. The number of benzene rings is 2. The van der Waals surface area contributed by atoms with E-state index in [1.54, 1.807) is 11.3 Å². The topological polar surface area (TPSA) is 60.2 Å². The van der Waals surface area contributed by atoms with Gasteiger partial charge >= 0.3 is 0 Å². The fraction of sp³-hybridized carbons (Fsp3) is 0.0556. The maximum Gasteiger partial charge on any atom is 0.183 e. The van der Waals surface area contributed by atoms with Gasteiger partial charge in [-0.15, -0.1) is 0 Å². The summed E-state index contributed by atoms with van der Waals surface area (Å²) in [5, 5.41) is 3.94. The van der Waals surface area contributed by atoms with Gasteiger partial charge in [-0.2, -0.15) is 0 Å². The van der Waals surface area contributed by atoms with Crippen molar-refractivity contribution in [1.29, 1.82) is 0 Å². The van der Waals surface area contributed by atoms with Gasteiger partial charge in [-0.05, 0) is 18.2 Å². The maximum atomic E-state index is 6.32. The second kappa shape index (κ2) is 6.54. The van der Waals surface area contributed by atoms with Crippen molar-refractivity contribution in [3.8, 4) is 0 Å². The van der Waals surface area contributed by atoms with Crippen LogP contribution in [0.4, 0.5) is 5.13 Å². The molecule has 3 N–H and O–H groups in total. The van der Waals surface area contributed by atoms with Gasteiger partial charge in [-0.1, -0.05) is 48.2 Å². The molecule has 3 rings (SSSR count). The Morgan fingerprint density at radius 3 is 2.70 bits per heavy atom. The van der Waals surface area contributed by atoms with Crippen LogP contribution in [0, 0.1) is 0 Å². The highest BCUT2D eigenvalue weighted by atomic mass is 32.1. The molecule has 5 heteroatoms. The Balaban J connectivity index is 2.12. The molecule has 1 aromatic heterocycles. The highest BCUT2D eigenvalue weighted by molar-refractivity contribution is 7.22. The Labute approximate surface area is 138 Å². The molecule has 0 aliphatic rings. The molecule has 0 amide bonds. The smallest absolute Gasteiger partial charge is 0.183 e. The lowest BCUT2D eigenvalue weighted by Crippen LogP contribution is -2.02. The largest absolute Gasteiger partial charge is 0.463 e. The van der Waals surface area contributed by atoms with Crippen molar-refractivity contribution in [2.75, 3.05) is 12.4 Å². The molecule has 0 fully saturated rings. The van der Waals surface area contributed by atoms with Crippen molar-refractivity contribution in [2.45, 2.75) is 0 Å². The van der Waals surface area contributed by atoms with Crippen LogP contribution in [-0.4, -0.2) is 12.0 Å². The van der Waals surface area contributed by atoms with Crippen molar-refractivity contribution in [3.05, 3.63) is 72.5 Å². The highest BCUT2D eigenvalue weighted by Gasteiger charge is 2.12. The molecule has 0 saturated carbocycles. The van der Waals surface area contributed by atoms with Crippen molar-refractivity contribution in [3.63, 3.8) is 0 Å². The number of anilines is 1. The fourth-order valence-electron chi connectivity index (χ4n) is 2.29. The normalized spacial score (nSPS) is 11.9. The predicted octanol–water partition coefficient (Wildman–Crippen LogP) is 4.28. The van der Waals surface area contributed by atoms with E-state index in [0.29, 0.717) is 11.5 Å². The quantitative estimate of drug-likeness (QED) is 0.543. The molecule has 0 bridgehead atoms. The molecule has 0 unspecified atom stereocenters. The van der Waals surface area contributed by atoms with E-state index >= 15 is 0 Å². The Bertz CT molecular complexity index is 868. The third kappa shape index (κ3) is 3.05. The maximum absolute atomic E-state index is 6.32. The van der Waals surface area contributed by atoms with Gasteiger partial charge in [0.15, 0.2) is 10.9 Å². The average Bonchev–Trinajstić information content (AvgIpc) is 3.02. The molecular formula is C18H17N3OS. The molecule has 2 aromatic carbocycles. The summed E-state index contributed by atoms with van der Waals surface area (Å²) in [6, 6.07) is 15.7. The molecule has 23 heavy (non-hydrogen) atoms. The first-order valence-corrected chi connectivity index (χ1v) is 7.96. The lowest BCUT2D eigenvalue weighted by Gasteiger charge is -2.11. The molecule has 0 aliphatic carbocycles. The van der Waals surface area contributed by atoms with E-state index in [0.717, 1.165) is 26.5 Å². The van der Waals surface area contributed by atoms with Crippen LogP contribution >= 0.6 is 11.3 Å². The first-order chi connectivity index (χ1) is 11.2. The lowest BCUT2D eigenvalue weighted by molar-refractivity contribution is 0.439. The molecule has 0 spiro atoms. The van der Waals surface area contributed by atoms with Crippen molar-refractivity contribution in [2.24, 2.45) is 5.73 Å². The van der Waals surface area contributed by atoms with E-state index in [-0.39, 0.29) is 0 Å². The van der Waals surface area contributed by atoms with E-state index in [1.165, 1.54) is 6.26 Å². The number of ether oxygens (including phenoxy) is 1. The van der Waals surface area contributed by atoms with Gasteiger partial charge in [-0.3, -0.25) is 0 Å². The van der Waals surface area contributed by atoms with E-state index in [1.807, 2.05) is 55.6 Å². The number of nitrogens with zero attached hydrogens (tertiary/aromatic N) is 1. The molecule has 0 radical (unpaired) electrons. The number of fused-ring (bicyclic) bond motifs is 1. The zero-order valence-electron chi connectivity index (χ0n) is 12.7. The number of rotatable bonds is 5. The van der Waals surface area contributed by atoms with Crippen molar-refractivity contribution >= 4 is 38.1 Å². The lowest BCUT2D eigenvalue weighted by atomic mass is 10.1. The van der Waals surface area contributed by atoms with Crippen LogP contribution in [0.5, 0.6) is 0 Å². The van der Waals surface area contributed by atoms with Crippen LogP contribution in [0.1, 0.15) is 11.1 Å². The summed E-state index contributed by atoms with van der Waals surface area (Å²) >= 11 is 1.59. The minimum absolute atomic E-state index is 0.572. The Morgan fingerprint density at radius 1 is 1.22 bits per heavy atom. The van der Waals surface area contributed by atoms with Gasteiger partial charge in [0.25, 0.3) is 0 Å². The Hall–Kier alpha value is -2.79. The number of thiazole rings is 1. The van der Waals surface area contributed by atoms with Crippen LogP contribution in [0.2, 0.25) is 0 Å². The molecule has 116 valence electrons. The number of nitrogens with two attached hydrogens (primary N) is 1. The van der Waals surface area contributed by atoms with Gasteiger partial charge < -0.3 is 15.8 Å². The van der Waals surface area contributed by atoms with Crippen LogP contribution in [0.15, 0.2) is 61.4 Å². The van der Waals surface area contributed by atoms with Gasteiger partial charge in [0.2, 0.25) is 0 Å². The Kier molecular flexibility index (Phi) is 4.30. The van der Waals surface area contributed by atoms with Crippen LogP contribution in [-0.2, 0) is 4.74 Å². The predicted molar refractivity (Wildman–Crippen MR) is 97.9 cm³/mol. The monoisotopic (exact) mass is 323 g/mol. The highest BCUT2D eigenvalue weighted by Crippen LogP contribution is 2.31. The molecular weight excluding hydrogens is 306 g/mol. The molecule has 0 atom stereocenters. The molecule has 1 heterocycles. The third-order valence-electron chi connectivity index (χ3n) is 3.40. The number of hydrogen-bond acceptors (Lipinski definition) is 5. The number of aromatic nitrogens is 1. The Morgan fingerprint density at radius 2 is 2.00 bits per heavy atom. The van der Waals surface area contributed by atoms with Gasteiger partial charge in [0.05, 0.1) is 22.2 Å². The minimum Gasteiger partial charge on any atom is -0.463 e. The average molecular weight is 323 g/mol. The van der Waals surface area contributed by atoms with Crippen LogP contribution in [0.3, 0.4) is 0 Å². The van der Waals surface area contributed by atoms with Crippen molar-refractivity contribution < 1.29 is 4.74 Å². The zero-order valence-corrected chi connectivity index (χ0v) is 13.6. The second-order valence-corrected chi connectivity index (χ2v) is 5.88. The fourth-order valence-corrected chi connectivity index (χ4v) is 3.15. The summed E-state index contributed by atoms with van der Waals surface area (Å²) in [4.78, 5) is 4.48.